The second-order valence-corrected chi connectivity index (χ2v) is 4.03. The molecule has 0 N–H and O–H groups in total. The molecule has 134 valence electrons. The maximum atomic E-state index is 9.75. The zero-order valence-corrected chi connectivity index (χ0v) is 16.3. The Morgan fingerprint density at radius 1 is 0.565 bits per heavy atom. The molecule has 0 fully saturated rings. The van der Waals surface area contributed by atoms with E-state index in [1.54, 1.807) is 0 Å². The van der Waals surface area contributed by atoms with Crippen LogP contribution in [0.25, 0.3) is 0 Å². The molecular formula is C6H6B3F12IK-3. The third kappa shape index (κ3) is 126. The Kier molecular flexibility index (Phi) is 21.0. The van der Waals surface area contributed by atoms with Gasteiger partial charge in [0.05, 0.1) is 0 Å². The van der Waals surface area contributed by atoms with Crippen molar-refractivity contribution in [1.29, 1.82) is 0 Å². The van der Waals surface area contributed by atoms with Crippen molar-refractivity contribution in [2.45, 2.75) is 0 Å². The van der Waals surface area contributed by atoms with Gasteiger partial charge in [-0.15, -0.1) is 0 Å². The maximum absolute atomic E-state index is 9.75. The molecule has 0 aromatic heterocycles. The molecule has 0 aliphatic rings. The van der Waals surface area contributed by atoms with E-state index in [1.807, 2.05) is 18.2 Å². The Morgan fingerprint density at radius 2 is 0.739 bits per heavy atom. The van der Waals surface area contributed by atoms with Crippen LogP contribution in [0.2, 0.25) is 0 Å². The minimum absolute atomic E-state index is 0. The van der Waals surface area contributed by atoms with E-state index < -0.39 is 21.8 Å². The summed E-state index contributed by atoms with van der Waals surface area (Å²) < 4.78 is 118. The Morgan fingerprint density at radius 3 is 0.826 bits per heavy atom. The Balaban J connectivity index is -0.0000000661. The second-order valence-electron chi connectivity index (χ2n) is 2.78. The molecule has 1 aromatic carbocycles. The monoisotopic (exact) mass is 505 g/mol. The molecule has 1 rings (SSSR count). The number of benzene rings is 1. The molecule has 1 aromatic rings. The van der Waals surface area contributed by atoms with Crippen molar-refractivity contribution in [3.63, 3.8) is 0 Å². The summed E-state index contributed by atoms with van der Waals surface area (Å²) in [5.41, 5.74) is 0. The first kappa shape index (κ1) is 31.7. The largest absolute Gasteiger partial charge is 1.00 e. The molecule has 0 aliphatic heterocycles. The van der Waals surface area contributed by atoms with Crippen LogP contribution in [0, 0.1) is 3.57 Å². The van der Waals surface area contributed by atoms with Gasteiger partial charge in [-0.05, 0) is 34.7 Å². The van der Waals surface area contributed by atoms with Crippen LogP contribution in [-0.4, -0.2) is 21.8 Å². The molecule has 0 heterocycles. The maximum Gasteiger partial charge on any atom is 1.00 e. The van der Waals surface area contributed by atoms with E-state index in [0.717, 1.165) is 0 Å². The number of hydrogen-bond donors (Lipinski definition) is 0. The summed E-state index contributed by atoms with van der Waals surface area (Å²) in [5, 5.41) is 0. The second kappa shape index (κ2) is 15.2. The normalized spacial score (nSPS) is 10.5. The van der Waals surface area contributed by atoms with Crippen molar-refractivity contribution >= 4 is 44.4 Å². The van der Waals surface area contributed by atoms with Gasteiger partial charge in [0.25, 0.3) is 0 Å². The fourth-order valence-corrected chi connectivity index (χ4v) is 0.830. The Hall–Kier alpha value is 0.941. The first-order valence-electron chi connectivity index (χ1n) is 4.72. The molecule has 23 heavy (non-hydrogen) atoms. The topological polar surface area (TPSA) is 0 Å². The van der Waals surface area contributed by atoms with Gasteiger partial charge in [0, 0.05) is 3.57 Å². The molecule has 0 spiro atoms. The van der Waals surface area contributed by atoms with Crippen LogP contribution in [-0.2, 0) is 0 Å². The predicted octanol–water partition coefficient (Wildman–Crippen LogP) is 3.31. The summed E-state index contributed by atoms with van der Waals surface area (Å²) in [6, 6.07) is 10.2. The first-order chi connectivity index (χ1) is 9.39. The van der Waals surface area contributed by atoms with Crippen LogP contribution in [0.3, 0.4) is 0 Å². The van der Waals surface area contributed by atoms with Crippen LogP contribution in [0.1, 0.15) is 1.43 Å². The van der Waals surface area contributed by atoms with Crippen molar-refractivity contribution in [2.24, 2.45) is 0 Å². The molecule has 0 unspecified atom stereocenters. The van der Waals surface area contributed by atoms with Crippen molar-refractivity contribution in [2.75, 3.05) is 0 Å². The molecule has 0 saturated heterocycles. The molecule has 0 saturated carbocycles. The summed E-state index contributed by atoms with van der Waals surface area (Å²) in [6.07, 6.45) is 0. The zero-order chi connectivity index (χ0) is 18.6. The van der Waals surface area contributed by atoms with Gasteiger partial charge in [0.2, 0.25) is 0 Å². The first-order valence-corrected chi connectivity index (χ1v) is 5.80. The number of hydrogen-bond acceptors (Lipinski definition) is 0. The van der Waals surface area contributed by atoms with Gasteiger partial charge in [-0.2, -0.15) is 0 Å². The Labute approximate surface area is 181 Å². The zero-order valence-electron chi connectivity index (χ0n) is 12.0. The van der Waals surface area contributed by atoms with Gasteiger partial charge in [-0.3, -0.25) is 0 Å². The molecule has 17 heteroatoms. The van der Waals surface area contributed by atoms with E-state index in [-0.39, 0.29) is 52.8 Å². The van der Waals surface area contributed by atoms with Gasteiger partial charge >= 0.3 is 73.1 Å². The van der Waals surface area contributed by atoms with Gasteiger partial charge in [-0.1, -0.05) is 18.2 Å². The molecule has 0 aliphatic carbocycles. The van der Waals surface area contributed by atoms with Crippen molar-refractivity contribution in [3.8, 4) is 0 Å². The van der Waals surface area contributed by atoms with Crippen molar-refractivity contribution in [1.82, 2.24) is 0 Å². The van der Waals surface area contributed by atoms with Gasteiger partial charge in [0.1, 0.15) is 0 Å². The van der Waals surface area contributed by atoms with Crippen LogP contribution < -0.4 is 51.4 Å². The smallest absolute Gasteiger partial charge is 1.00 e. The van der Waals surface area contributed by atoms with Crippen molar-refractivity contribution in [3.05, 3.63) is 33.9 Å². The fraction of sp³-hybridized carbons (Fsp3) is 0. The van der Waals surface area contributed by atoms with Crippen LogP contribution in [0.15, 0.2) is 30.3 Å². The van der Waals surface area contributed by atoms with Crippen LogP contribution in [0.5, 0.6) is 0 Å². The van der Waals surface area contributed by atoms with Gasteiger partial charge in [-0.25, -0.2) is 0 Å². The van der Waals surface area contributed by atoms with Gasteiger partial charge < -0.3 is 53.2 Å². The SMILES string of the molecule is F[B-](F)(F)F.F[B-](F)(F)F.F[B-](F)(F)F.Ic1ccccc1.[H-].[K+]. The minimum atomic E-state index is -6.00. The predicted molar refractivity (Wildman–Crippen MR) is 70.8 cm³/mol. The van der Waals surface area contributed by atoms with E-state index in [0.29, 0.717) is 0 Å². The van der Waals surface area contributed by atoms with Gasteiger partial charge in [0.15, 0.2) is 0 Å². The third-order valence-corrected chi connectivity index (χ3v) is 1.45. The summed E-state index contributed by atoms with van der Waals surface area (Å²) in [5.74, 6) is 0. The number of rotatable bonds is 0. The van der Waals surface area contributed by atoms with Crippen LogP contribution in [0.4, 0.5) is 51.8 Å². The molecule has 0 amide bonds. The van der Waals surface area contributed by atoms with E-state index in [9.17, 15) is 51.8 Å². The Bertz CT molecular complexity index is 325. The molecule has 0 atom stereocenters. The van der Waals surface area contributed by atoms with E-state index >= 15 is 0 Å². The molecule has 0 radical (unpaired) electrons. The quantitative estimate of drug-likeness (QED) is 0.289. The standard InChI is InChI=1S/C6H5I.3BF4.K.H/c7-6-4-2-1-3-5-6;3*2-1(3,4)5;;/h1-5H;;;;;/q;3*-1;+1;-1. The van der Waals surface area contributed by atoms with E-state index in [4.69, 9.17) is 0 Å². The minimum Gasteiger partial charge on any atom is -1.00 e. The average Bonchev–Trinajstić information content (AvgIpc) is 2.09. The molecule has 0 nitrogen and oxygen atoms in total. The summed E-state index contributed by atoms with van der Waals surface area (Å²) in [4.78, 5) is 0. The number of halogens is 13. The average molecular weight is 505 g/mol. The fourth-order valence-electron chi connectivity index (χ4n) is 0.415. The summed E-state index contributed by atoms with van der Waals surface area (Å²) in [7, 11) is -18.0. The summed E-state index contributed by atoms with van der Waals surface area (Å²) >= 11 is 2.28. The molecular weight excluding hydrogens is 498 g/mol. The van der Waals surface area contributed by atoms with Crippen LogP contribution >= 0.6 is 22.6 Å². The summed E-state index contributed by atoms with van der Waals surface area (Å²) in [6.45, 7) is 0. The van der Waals surface area contributed by atoms with E-state index in [1.165, 1.54) is 3.57 Å². The van der Waals surface area contributed by atoms with E-state index in [2.05, 4.69) is 34.7 Å². The van der Waals surface area contributed by atoms with Crippen molar-refractivity contribution < 1.29 is 105 Å². The molecule has 0 bridgehead atoms. The third-order valence-electron chi connectivity index (χ3n) is 0.733.